The number of anilines is 1. The van der Waals surface area contributed by atoms with Crippen molar-refractivity contribution in [2.45, 2.75) is 13.8 Å². The minimum Gasteiger partial charge on any atom is -0.397 e. The average molecular weight is 326 g/mol. The molecule has 0 saturated heterocycles. The number of nitrogens with one attached hydrogen (secondary N) is 1. The number of carbonyl (C=O) groups is 2. The third kappa shape index (κ3) is 2.96. The van der Waals surface area contributed by atoms with Gasteiger partial charge in [-0.15, -0.1) is 11.3 Å². The maximum atomic E-state index is 12.2. The van der Waals surface area contributed by atoms with Crippen LogP contribution in [0, 0.1) is 5.41 Å². The molecule has 1 aromatic carbocycles. The largest absolute Gasteiger partial charge is 0.397 e. The van der Waals surface area contributed by atoms with Gasteiger partial charge in [0.15, 0.2) is 0 Å². The van der Waals surface area contributed by atoms with Crippen LogP contribution in [-0.4, -0.2) is 18.4 Å². The van der Waals surface area contributed by atoms with E-state index in [4.69, 9.17) is 23.1 Å². The Morgan fingerprint density at radius 2 is 2.05 bits per heavy atom. The lowest BCUT2D eigenvalue weighted by atomic mass is 9.93. The molecule has 0 unspecified atom stereocenters. The number of benzene rings is 1. The minimum atomic E-state index is -0.821. The molecule has 21 heavy (non-hydrogen) atoms. The number of hydrogen-bond donors (Lipinski definition) is 3. The number of nitrogens with two attached hydrogens (primary N) is 2. The first-order valence-corrected chi connectivity index (χ1v) is 7.48. The van der Waals surface area contributed by atoms with Gasteiger partial charge in [0.2, 0.25) is 5.91 Å². The first kappa shape index (κ1) is 15.6. The zero-order valence-corrected chi connectivity index (χ0v) is 13.3. The lowest BCUT2D eigenvalue weighted by molar-refractivity contribution is -0.125. The van der Waals surface area contributed by atoms with Crippen LogP contribution in [0.2, 0.25) is 5.02 Å². The Hall–Kier alpha value is -1.79. The van der Waals surface area contributed by atoms with E-state index >= 15 is 0 Å². The summed E-state index contributed by atoms with van der Waals surface area (Å²) in [5.74, 6) is -0.811. The molecule has 0 fully saturated rings. The molecule has 5 nitrogen and oxygen atoms in total. The molecule has 0 aliphatic heterocycles. The summed E-state index contributed by atoms with van der Waals surface area (Å²) in [5.41, 5.74) is 10.8. The van der Waals surface area contributed by atoms with Crippen LogP contribution >= 0.6 is 22.9 Å². The number of thiophene rings is 1. The van der Waals surface area contributed by atoms with E-state index in [2.05, 4.69) is 5.32 Å². The molecule has 0 radical (unpaired) electrons. The fraction of sp³-hybridized carbons (Fsp3) is 0.286. The van der Waals surface area contributed by atoms with Gasteiger partial charge in [0.25, 0.3) is 5.91 Å². The number of halogens is 1. The van der Waals surface area contributed by atoms with Crippen molar-refractivity contribution in [2.24, 2.45) is 11.1 Å². The molecule has 0 aliphatic carbocycles. The predicted molar refractivity (Wildman–Crippen MR) is 86.6 cm³/mol. The molecule has 0 spiro atoms. The van der Waals surface area contributed by atoms with Gasteiger partial charge in [-0.3, -0.25) is 9.59 Å². The zero-order chi connectivity index (χ0) is 15.8. The SMILES string of the molecule is CC(C)(CNC(=O)c1sc2cccc(Cl)c2c1N)C(N)=O. The molecule has 1 heterocycles. The highest BCUT2D eigenvalue weighted by molar-refractivity contribution is 7.21. The summed E-state index contributed by atoms with van der Waals surface area (Å²) in [6, 6.07) is 5.38. The monoisotopic (exact) mass is 325 g/mol. The van der Waals surface area contributed by atoms with Crippen molar-refractivity contribution in [1.82, 2.24) is 5.32 Å². The number of primary amides is 1. The first-order chi connectivity index (χ1) is 9.74. The maximum Gasteiger partial charge on any atom is 0.263 e. The summed E-state index contributed by atoms with van der Waals surface area (Å²) in [6.07, 6.45) is 0. The van der Waals surface area contributed by atoms with Gasteiger partial charge in [-0.05, 0) is 26.0 Å². The Balaban J connectivity index is 2.27. The van der Waals surface area contributed by atoms with Crippen LogP contribution < -0.4 is 16.8 Å². The number of rotatable bonds is 4. The number of hydrogen-bond acceptors (Lipinski definition) is 4. The lowest BCUT2D eigenvalue weighted by Gasteiger charge is -2.20. The van der Waals surface area contributed by atoms with E-state index in [9.17, 15) is 9.59 Å². The fourth-order valence-electron chi connectivity index (χ4n) is 1.77. The van der Waals surface area contributed by atoms with E-state index in [1.807, 2.05) is 6.07 Å². The Morgan fingerprint density at radius 3 is 2.62 bits per heavy atom. The molecule has 2 rings (SSSR count). The van der Waals surface area contributed by atoms with E-state index in [0.717, 1.165) is 4.70 Å². The van der Waals surface area contributed by atoms with Crippen molar-refractivity contribution in [3.63, 3.8) is 0 Å². The zero-order valence-electron chi connectivity index (χ0n) is 11.7. The Labute approximate surface area is 131 Å². The maximum absolute atomic E-state index is 12.2. The minimum absolute atomic E-state index is 0.141. The molecule has 2 aromatic rings. The van der Waals surface area contributed by atoms with Crippen LogP contribution in [0.4, 0.5) is 5.69 Å². The van der Waals surface area contributed by atoms with Crippen molar-refractivity contribution >= 4 is 50.5 Å². The standard InChI is InChI=1S/C14H16ClN3O2S/c1-14(2,13(17)20)6-18-12(19)11-10(16)9-7(15)4-3-5-8(9)21-11/h3-5H,6,16H2,1-2H3,(H2,17,20)(H,18,19). The number of nitrogen functional groups attached to an aromatic ring is 1. The summed E-state index contributed by atoms with van der Waals surface area (Å²) < 4.78 is 0.847. The second kappa shape index (κ2) is 5.54. The lowest BCUT2D eigenvalue weighted by Crippen LogP contribution is -2.42. The van der Waals surface area contributed by atoms with Crippen molar-refractivity contribution in [3.8, 4) is 0 Å². The van der Waals surface area contributed by atoms with Crippen molar-refractivity contribution in [3.05, 3.63) is 28.1 Å². The predicted octanol–water partition coefficient (Wildman–Crippen LogP) is 2.38. The molecule has 112 valence electrons. The van der Waals surface area contributed by atoms with Crippen LogP contribution in [0.15, 0.2) is 18.2 Å². The van der Waals surface area contributed by atoms with E-state index in [1.165, 1.54) is 11.3 Å². The fourth-order valence-corrected chi connectivity index (χ4v) is 3.16. The molecule has 2 amide bonds. The van der Waals surface area contributed by atoms with Crippen LogP contribution in [0.25, 0.3) is 10.1 Å². The van der Waals surface area contributed by atoms with Crippen LogP contribution in [-0.2, 0) is 4.79 Å². The van der Waals surface area contributed by atoms with Crippen molar-refractivity contribution in [2.75, 3.05) is 12.3 Å². The van der Waals surface area contributed by atoms with Crippen molar-refractivity contribution in [1.29, 1.82) is 0 Å². The summed E-state index contributed by atoms with van der Waals surface area (Å²) in [6.45, 7) is 3.48. The number of fused-ring (bicyclic) bond motifs is 1. The molecule has 0 bridgehead atoms. The Morgan fingerprint density at radius 1 is 1.38 bits per heavy atom. The summed E-state index contributed by atoms with van der Waals surface area (Å²) >= 11 is 7.37. The van der Waals surface area contributed by atoms with Gasteiger partial charge >= 0.3 is 0 Å². The second-order valence-corrected chi connectivity index (χ2v) is 6.85. The van der Waals surface area contributed by atoms with Gasteiger partial charge < -0.3 is 16.8 Å². The molecular formula is C14H16ClN3O2S. The highest BCUT2D eigenvalue weighted by atomic mass is 35.5. The molecule has 0 aliphatic rings. The number of carbonyl (C=O) groups excluding carboxylic acids is 2. The highest BCUT2D eigenvalue weighted by Crippen LogP contribution is 2.37. The third-order valence-electron chi connectivity index (χ3n) is 3.27. The van der Waals surface area contributed by atoms with E-state index in [1.54, 1.807) is 26.0 Å². The Kier molecular flexibility index (Phi) is 4.11. The van der Waals surface area contributed by atoms with E-state index < -0.39 is 11.3 Å². The van der Waals surface area contributed by atoms with Crippen LogP contribution in [0.3, 0.4) is 0 Å². The van der Waals surface area contributed by atoms with Crippen LogP contribution in [0.1, 0.15) is 23.5 Å². The molecule has 1 aromatic heterocycles. The summed E-state index contributed by atoms with van der Waals surface area (Å²) in [5, 5.41) is 3.88. The highest BCUT2D eigenvalue weighted by Gasteiger charge is 2.26. The van der Waals surface area contributed by atoms with Crippen LogP contribution in [0.5, 0.6) is 0 Å². The average Bonchev–Trinajstić information content (AvgIpc) is 2.75. The normalized spacial score (nSPS) is 11.6. The Bertz CT molecular complexity index is 724. The second-order valence-electron chi connectivity index (χ2n) is 5.39. The quantitative estimate of drug-likeness (QED) is 0.804. The summed E-state index contributed by atoms with van der Waals surface area (Å²) in [4.78, 5) is 23.9. The first-order valence-electron chi connectivity index (χ1n) is 6.28. The van der Waals surface area contributed by atoms with E-state index in [-0.39, 0.29) is 12.5 Å². The van der Waals surface area contributed by atoms with Crippen molar-refractivity contribution < 1.29 is 9.59 Å². The van der Waals surface area contributed by atoms with E-state index in [0.29, 0.717) is 21.0 Å². The number of amides is 2. The molecule has 0 saturated carbocycles. The smallest absolute Gasteiger partial charge is 0.263 e. The topological polar surface area (TPSA) is 98.2 Å². The molecule has 5 N–H and O–H groups in total. The third-order valence-corrected chi connectivity index (χ3v) is 4.75. The van der Waals surface area contributed by atoms with Gasteiger partial charge in [0.05, 0.1) is 16.1 Å². The van der Waals surface area contributed by atoms with Gasteiger partial charge in [0, 0.05) is 16.6 Å². The molecule has 7 heteroatoms. The van der Waals surface area contributed by atoms with Gasteiger partial charge in [-0.2, -0.15) is 0 Å². The molecule has 0 atom stereocenters. The summed E-state index contributed by atoms with van der Waals surface area (Å²) in [7, 11) is 0. The van der Waals surface area contributed by atoms with Gasteiger partial charge in [0.1, 0.15) is 4.88 Å². The van der Waals surface area contributed by atoms with Gasteiger partial charge in [-0.1, -0.05) is 17.7 Å². The van der Waals surface area contributed by atoms with Gasteiger partial charge in [-0.25, -0.2) is 0 Å². The molecular weight excluding hydrogens is 310 g/mol.